The fraction of sp³-hybridized carbons (Fsp3) is 0.100. The van der Waals surface area contributed by atoms with Crippen molar-refractivity contribution in [2.45, 2.75) is 11.7 Å². The minimum Gasteiger partial charge on any atom is -0.297 e. The van der Waals surface area contributed by atoms with E-state index in [0.717, 1.165) is 11.1 Å². The van der Waals surface area contributed by atoms with E-state index in [9.17, 15) is 0 Å². The molecule has 0 atom stereocenters. The number of nitrogens with two attached hydrogens (primary N) is 3. The highest BCUT2D eigenvalue weighted by Crippen LogP contribution is 2.34. The molecule has 0 fully saturated rings. The Bertz CT molecular complexity index is 722. The van der Waals surface area contributed by atoms with E-state index in [1.54, 1.807) is 0 Å². The number of benzene rings is 3. The van der Waals surface area contributed by atoms with Gasteiger partial charge in [-0.1, -0.05) is 84.9 Å². The van der Waals surface area contributed by atoms with E-state index in [2.05, 4.69) is 24.3 Å². The average molecular weight is 303 g/mol. The highest BCUT2D eigenvalue weighted by Gasteiger charge is 2.25. The molecule has 116 valence electrons. The van der Waals surface area contributed by atoms with Crippen molar-refractivity contribution in [3.05, 3.63) is 107 Å². The maximum absolute atomic E-state index is 6.01. The van der Waals surface area contributed by atoms with Crippen molar-refractivity contribution in [1.82, 2.24) is 0 Å². The summed E-state index contributed by atoms with van der Waals surface area (Å²) < 4.78 is 0. The first-order valence-corrected chi connectivity index (χ1v) is 7.63. The van der Waals surface area contributed by atoms with Crippen molar-refractivity contribution in [3.8, 4) is 0 Å². The Morgan fingerprint density at radius 2 is 1.00 bits per heavy atom. The van der Waals surface area contributed by atoms with Crippen LogP contribution in [0.2, 0.25) is 0 Å². The fourth-order valence-corrected chi connectivity index (χ4v) is 2.99. The van der Waals surface area contributed by atoms with Crippen LogP contribution in [0.5, 0.6) is 0 Å². The molecule has 0 heterocycles. The minimum absolute atomic E-state index is 0.0311. The van der Waals surface area contributed by atoms with Gasteiger partial charge in [-0.25, -0.2) is 0 Å². The predicted octanol–water partition coefficient (Wildman–Crippen LogP) is 2.85. The van der Waals surface area contributed by atoms with Crippen LogP contribution in [-0.4, -0.2) is 0 Å². The summed E-state index contributed by atoms with van der Waals surface area (Å²) in [5.74, 6) is -1.35. The summed E-state index contributed by atoms with van der Waals surface area (Å²) >= 11 is 0. The molecule has 0 amide bonds. The van der Waals surface area contributed by atoms with Crippen LogP contribution >= 0.6 is 0 Å². The zero-order valence-electron chi connectivity index (χ0n) is 12.9. The highest BCUT2D eigenvalue weighted by molar-refractivity contribution is 5.47. The molecule has 0 saturated carbocycles. The van der Waals surface area contributed by atoms with E-state index in [1.807, 2.05) is 60.7 Å². The first-order chi connectivity index (χ1) is 11.1. The molecule has 0 bridgehead atoms. The van der Waals surface area contributed by atoms with Crippen molar-refractivity contribution < 1.29 is 0 Å². The number of hydrogen-bond donors (Lipinski definition) is 3. The third kappa shape index (κ3) is 3.32. The molecule has 0 aliphatic rings. The minimum atomic E-state index is -1.38. The van der Waals surface area contributed by atoms with Gasteiger partial charge >= 0.3 is 0 Å². The first-order valence-electron chi connectivity index (χ1n) is 7.63. The van der Waals surface area contributed by atoms with Crippen LogP contribution in [0.15, 0.2) is 84.9 Å². The van der Waals surface area contributed by atoms with Gasteiger partial charge in [0.05, 0.1) is 0 Å². The largest absolute Gasteiger partial charge is 0.297 e. The zero-order chi connectivity index (χ0) is 16.3. The van der Waals surface area contributed by atoms with Crippen LogP contribution in [-0.2, 0) is 5.79 Å². The Hall–Kier alpha value is -2.46. The normalized spacial score (nSPS) is 11.7. The van der Waals surface area contributed by atoms with Crippen LogP contribution in [0, 0.1) is 0 Å². The van der Waals surface area contributed by atoms with E-state index in [0.29, 0.717) is 0 Å². The van der Waals surface area contributed by atoms with E-state index in [1.165, 1.54) is 11.1 Å². The van der Waals surface area contributed by atoms with Crippen molar-refractivity contribution in [2.75, 3.05) is 0 Å². The average Bonchev–Trinajstić information content (AvgIpc) is 2.57. The molecule has 3 heteroatoms. The van der Waals surface area contributed by atoms with Gasteiger partial charge in [0.15, 0.2) is 0 Å². The second kappa shape index (κ2) is 6.34. The lowest BCUT2D eigenvalue weighted by Gasteiger charge is -2.27. The van der Waals surface area contributed by atoms with Crippen LogP contribution in [0.4, 0.5) is 0 Å². The van der Waals surface area contributed by atoms with Crippen molar-refractivity contribution >= 4 is 0 Å². The van der Waals surface area contributed by atoms with Crippen LogP contribution in [0.1, 0.15) is 28.2 Å². The third-order valence-corrected chi connectivity index (χ3v) is 4.00. The molecule has 0 radical (unpaired) electrons. The van der Waals surface area contributed by atoms with Gasteiger partial charge < -0.3 is 0 Å². The zero-order valence-corrected chi connectivity index (χ0v) is 12.9. The predicted molar refractivity (Wildman–Crippen MR) is 94.5 cm³/mol. The molecule has 6 N–H and O–H groups in total. The monoisotopic (exact) mass is 303 g/mol. The standard InChI is InChI=1S/C20H21N3/c21-20(22,23)18-14-8-7-13-17(18)19(15-9-3-1-4-10-15)16-11-5-2-6-12-16/h1-14,19H,21-23H2. The molecule has 0 spiro atoms. The molecule has 3 rings (SSSR count). The lowest BCUT2D eigenvalue weighted by atomic mass is 9.81. The van der Waals surface area contributed by atoms with Gasteiger partial charge in [0, 0.05) is 11.5 Å². The molecule has 0 aromatic heterocycles. The van der Waals surface area contributed by atoms with Gasteiger partial charge in [-0.05, 0) is 16.7 Å². The van der Waals surface area contributed by atoms with Crippen LogP contribution < -0.4 is 17.2 Å². The molecule has 3 aromatic carbocycles. The quantitative estimate of drug-likeness (QED) is 0.512. The van der Waals surface area contributed by atoms with Crippen molar-refractivity contribution in [1.29, 1.82) is 0 Å². The van der Waals surface area contributed by atoms with E-state index >= 15 is 0 Å². The fourth-order valence-electron chi connectivity index (χ4n) is 2.99. The second-order valence-corrected chi connectivity index (χ2v) is 5.77. The molecule has 0 saturated heterocycles. The smallest absolute Gasteiger partial charge is 0.143 e. The summed E-state index contributed by atoms with van der Waals surface area (Å²) in [5, 5.41) is 0. The van der Waals surface area contributed by atoms with E-state index < -0.39 is 5.79 Å². The molecule has 23 heavy (non-hydrogen) atoms. The topological polar surface area (TPSA) is 78.1 Å². The summed E-state index contributed by atoms with van der Waals surface area (Å²) in [7, 11) is 0. The Labute approximate surface area is 136 Å². The van der Waals surface area contributed by atoms with Crippen molar-refractivity contribution in [3.63, 3.8) is 0 Å². The Kier molecular flexibility index (Phi) is 4.26. The first kappa shape index (κ1) is 15.4. The van der Waals surface area contributed by atoms with E-state index in [-0.39, 0.29) is 5.92 Å². The SMILES string of the molecule is NC(N)(N)c1ccccc1C(c1ccccc1)c1ccccc1. The maximum atomic E-state index is 6.01. The van der Waals surface area contributed by atoms with Crippen LogP contribution in [0.25, 0.3) is 0 Å². The lowest BCUT2D eigenvalue weighted by molar-refractivity contribution is 0.482. The summed E-state index contributed by atoms with van der Waals surface area (Å²) in [6, 6.07) is 28.4. The molecule has 0 aliphatic carbocycles. The van der Waals surface area contributed by atoms with E-state index in [4.69, 9.17) is 17.2 Å². The summed E-state index contributed by atoms with van der Waals surface area (Å²) in [4.78, 5) is 0. The molecule has 3 aromatic rings. The van der Waals surface area contributed by atoms with Gasteiger partial charge in [0.25, 0.3) is 0 Å². The van der Waals surface area contributed by atoms with Gasteiger partial charge in [-0.2, -0.15) is 0 Å². The Morgan fingerprint density at radius 3 is 1.48 bits per heavy atom. The Morgan fingerprint density at radius 1 is 0.565 bits per heavy atom. The Balaban J connectivity index is 2.22. The van der Waals surface area contributed by atoms with Crippen molar-refractivity contribution in [2.24, 2.45) is 17.2 Å². The molecular weight excluding hydrogens is 282 g/mol. The second-order valence-electron chi connectivity index (χ2n) is 5.77. The maximum Gasteiger partial charge on any atom is 0.143 e. The molecular formula is C20H21N3. The van der Waals surface area contributed by atoms with Crippen LogP contribution in [0.3, 0.4) is 0 Å². The van der Waals surface area contributed by atoms with Gasteiger partial charge in [0.1, 0.15) is 5.79 Å². The lowest BCUT2D eigenvalue weighted by Crippen LogP contribution is -2.55. The summed E-state index contributed by atoms with van der Waals surface area (Å²) in [6.07, 6.45) is 0. The number of hydrogen-bond acceptors (Lipinski definition) is 3. The molecule has 0 unspecified atom stereocenters. The third-order valence-electron chi connectivity index (χ3n) is 4.00. The summed E-state index contributed by atoms with van der Waals surface area (Å²) in [5.41, 5.74) is 22.1. The number of rotatable bonds is 4. The summed E-state index contributed by atoms with van der Waals surface area (Å²) in [6.45, 7) is 0. The molecule has 3 nitrogen and oxygen atoms in total. The molecule has 0 aliphatic heterocycles. The van der Waals surface area contributed by atoms with Gasteiger partial charge in [-0.3, -0.25) is 17.2 Å². The van der Waals surface area contributed by atoms with Gasteiger partial charge in [0.2, 0.25) is 0 Å². The highest BCUT2D eigenvalue weighted by atomic mass is 15.1. The van der Waals surface area contributed by atoms with Gasteiger partial charge in [-0.15, -0.1) is 0 Å².